The van der Waals surface area contributed by atoms with Crippen molar-refractivity contribution in [2.75, 3.05) is 5.75 Å². The van der Waals surface area contributed by atoms with Crippen LogP contribution in [0.15, 0.2) is 41.3 Å². The summed E-state index contributed by atoms with van der Waals surface area (Å²) in [7, 11) is 0. The molecule has 0 unspecified atom stereocenters. The van der Waals surface area contributed by atoms with Gasteiger partial charge in [-0.05, 0) is 43.7 Å². The first-order valence-corrected chi connectivity index (χ1v) is 6.51. The van der Waals surface area contributed by atoms with Crippen molar-refractivity contribution < 1.29 is 22.7 Å². The molecule has 0 spiro atoms. The molecule has 6 heteroatoms. The fraction of sp³-hybridized carbons (Fsp3) is 0.308. The minimum absolute atomic E-state index is 0.00125. The summed E-state index contributed by atoms with van der Waals surface area (Å²) >= 11 is 1.50. The lowest BCUT2D eigenvalue weighted by Gasteiger charge is -2.08. The minimum atomic E-state index is -4.66. The number of hydrogen-bond acceptors (Lipinski definition) is 3. The standard InChI is InChI=1S/C13H13F3O2S/c1-10(17)4-2-3-9-19-12-7-5-11(6-8-12)18-13(14,15)16/h2,4-8H,3,9H2,1H3/b4-2+. The van der Waals surface area contributed by atoms with Crippen molar-refractivity contribution in [3.05, 3.63) is 36.4 Å². The summed E-state index contributed by atoms with van der Waals surface area (Å²) in [6.45, 7) is 1.48. The van der Waals surface area contributed by atoms with E-state index in [1.807, 2.05) is 0 Å². The summed E-state index contributed by atoms with van der Waals surface area (Å²) in [5.41, 5.74) is 0. The molecule has 0 aliphatic heterocycles. The molecule has 0 fully saturated rings. The van der Waals surface area contributed by atoms with E-state index in [-0.39, 0.29) is 11.5 Å². The number of rotatable bonds is 6. The van der Waals surface area contributed by atoms with Gasteiger partial charge in [0.2, 0.25) is 0 Å². The Morgan fingerprint density at radius 3 is 2.47 bits per heavy atom. The van der Waals surface area contributed by atoms with Gasteiger partial charge in [-0.2, -0.15) is 0 Å². The Labute approximate surface area is 113 Å². The van der Waals surface area contributed by atoms with Gasteiger partial charge in [0.1, 0.15) is 5.75 Å². The van der Waals surface area contributed by atoms with Crippen LogP contribution in [-0.4, -0.2) is 17.9 Å². The molecule has 0 saturated heterocycles. The summed E-state index contributed by atoms with van der Waals surface area (Å²) in [4.78, 5) is 11.5. The second-order valence-corrected chi connectivity index (χ2v) is 4.84. The highest BCUT2D eigenvalue weighted by atomic mass is 32.2. The van der Waals surface area contributed by atoms with Gasteiger partial charge in [-0.3, -0.25) is 4.79 Å². The third-order valence-electron chi connectivity index (χ3n) is 1.96. The van der Waals surface area contributed by atoms with E-state index < -0.39 is 6.36 Å². The van der Waals surface area contributed by atoms with Gasteiger partial charge in [0.25, 0.3) is 0 Å². The fourth-order valence-electron chi connectivity index (χ4n) is 1.23. The lowest BCUT2D eigenvalue weighted by atomic mass is 10.3. The van der Waals surface area contributed by atoms with Crippen LogP contribution < -0.4 is 4.74 Å². The number of ketones is 1. The van der Waals surface area contributed by atoms with E-state index in [0.717, 1.165) is 17.1 Å². The number of carbonyl (C=O) groups excluding carboxylic acids is 1. The topological polar surface area (TPSA) is 26.3 Å². The first-order chi connectivity index (χ1) is 8.87. The molecule has 0 atom stereocenters. The Balaban J connectivity index is 2.38. The molecular weight excluding hydrogens is 277 g/mol. The van der Waals surface area contributed by atoms with Gasteiger partial charge < -0.3 is 4.74 Å². The van der Waals surface area contributed by atoms with E-state index in [2.05, 4.69) is 4.74 Å². The first-order valence-electron chi connectivity index (χ1n) is 5.52. The Kier molecular flexibility index (Phi) is 5.95. The molecule has 1 rings (SSSR count). The van der Waals surface area contributed by atoms with Crippen molar-refractivity contribution in [3.63, 3.8) is 0 Å². The van der Waals surface area contributed by atoms with Gasteiger partial charge in [-0.1, -0.05) is 6.08 Å². The van der Waals surface area contributed by atoms with Gasteiger partial charge in [-0.25, -0.2) is 0 Å². The Bertz CT molecular complexity index is 438. The third kappa shape index (κ3) is 7.56. The summed E-state index contributed by atoms with van der Waals surface area (Å²) in [6.07, 6.45) is -0.658. The molecule has 0 aliphatic rings. The van der Waals surface area contributed by atoms with Crippen molar-refractivity contribution in [3.8, 4) is 5.75 Å². The second-order valence-electron chi connectivity index (χ2n) is 3.67. The normalized spacial score (nSPS) is 11.8. The SMILES string of the molecule is CC(=O)/C=C/CCSc1ccc(OC(F)(F)F)cc1. The predicted octanol–water partition coefficient (Wildman–Crippen LogP) is 4.21. The number of halogens is 3. The van der Waals surface area contributed by atoms with Gasteiger partial charge >= 0.3 is 6.36 Å². The van der Waals surface area contributed by atoms with Crippen LogP contribution in [0.1, 0.15) is 13.3 Å². The Morgan fingerprint density at radius 1 is 1.32 bits per heavy atom. The molecule has 0 saturated carbocycles. The van der Waals surface area contributed by atoms with Crippen LogP contribution in [0.2, 0.25) is 0 Å². The van der Waals surface area contributed by atoms with Crippen LogP contribution >= 0.6 is 11.8 Å². The second kappa shape index (κ2) is 7.23. The van der Waals surface area contributed by atoms with E-state index in [1.165, 1.54) is 36.9 Å². The Morgan fingerprint density at radius 2 is 1.95 bits per heavy atom. The number of carbonyl (C=O) groups is 1. The Hall–Kier alpha value is -1.43. The zero-order valence-corrected chi connectivity index (χ0v) is 11.1. The summed E-state index contributed by atoms with van der Waals surface area (Å²) < 4.78 is 39.6. The fourth-order valence-corrected chi connectivity index (χ4v) is 2.05. The molecule has 2 nitrogen and oxygen atoms in total. The number of thioether (sulfide) groups is 1. The molecule has 104 valence electrons. The lowest BCUT2D eigenvalue weighted by molar-refractivity contribution is -0.274. The van der Waals surface area contributed by atoms with E-state index in [4.69, 9.17) is 0 Å². The van der Waals surface area contributed by atoms with E-state index in [1.54, 1.807) is 18.2 Å². The van der Waals surface area contributed by atoms with Crippen molar-refractivity contribution >= 4 is 17.5 Å². The molecule has 19 heavy (non-hydrogen) atoms. The van der Waals surface area contributed by atoms with Gasteiger partial charge in [0.15, 0.2) is 5.78 Å². The van der Waals surface area contributed by atoms with Gasteiger partial charge in [0.05, 0.1) is 0 Å². The maximum Gasteiger partial charge on any atom is 0.573 e. The van der Waals surface area contributed by atoms with Gasteiger partial charge in [-0.15, -0.1) is 24.9 Å². The largest absolute Gasteiger partial charge is 0.573 e. The number of ether oxygens (including phenoxy) is 1. The van der Waals surface area contributed by atoms with E-state index in [0.29, 0.717) is 0 Å². The number of allylic oxidation sites excluding steroid dienone is 2. The van der Waals surface area contributed by atoms with Crippen LogP contribution in [0.5, 0.6) is 5.75 Å². The molecule has 0 N–H and O–H groups in total. The molecule has 0 bridgehead atoms. The monoisotopic (exact) mass is 290 g/mol. The molecular formula is C13H13F3O2S. The quantitative estimate of drug-likeness (QED) is 0.446. The van der Waals surface area contributed by atoms with Crippen LogP contribution in [0.4, 0.5) is 13.2 Å². The molecule has 0 radical (unpaired) electrons. The highest BCUT2D eigenvalue weighted by Crippen LogP contribution is 2.26. The third-order valence-corrected chi connectivity index (χ3v) is 3.01. The van der Waals surface area contributed by atoms with Gasteiger partial charge in [0, 0.05) is 10.6 Å². The van der Waals surface area contributed by atoms with E-state index >= 15 is 0 Å². The number of hydrogen-bond donors (Lipinski definition) is 0. The van der Waals surface area contributed by atoms with Crippen molar-refractivity contribution in [2.24, 2.45) is 0 Å². The molecule has 0 aromatic heterocycles. The van der Waals surface area contributed by atoms with E-state index in [9.17, 15) is 18.0 Å². The van der Waals surface area contributed by atoms with Crippen LogP contribution in [-0.2, 0) is 4.79 Å². The van der Waals surface area contributed by atoms with Crippen LogP contribution in [0, 0.1) is 0 Å². The smallest absolute Gasteiger partial charge is 0.406 e. The number of benzene rings is 1. The van der Waals surface area contributed by atoms with Crippen molar-refractivity contribution in [2.45, 2.75) is 24.6 Å². The first kappa shape index (κ1) is 15.6. The maximum atomic E-state index is 11.9. The lowest BCUT2D eigenvalue weighted by Crippen LogP contribution is -2.16. The summed E-state index contributed by atoms with van der Waals surface area (Å²) in [5, 5.41) is 0. The van der Waals surface area contributed by atoms with Crippen molar-refractivity contribution in [1.29, 1.82) is 0 Å². The molecule has 0 heterocycles. The zero-order chi connectivity index (χ0) is 14.3. The summed E-state index contributed by atoms with van der Waals surface area (Å²) in [6, 6.07) is 5.70. The molecule has 1 aromatic carbocycles. The average molecular weight is 290 g/mol. The number of alkyl halides is 3. The molecule has 0 amide bonds. The summed E-state index contributed by atoms with van der Waals surface area (Å²) in [5.74, 6) is 0.524. The van der Waals surface area contributed by atoms with Crippen molar-refractivity contribution in [1.82, 2.24) is 0 Å². The predicted molar refractivity (Wildman–Crippen MR) is 68.3 cm³/mol. The average Bonchev–Trinajstić information content (AvgIpc) is 2.28. The minimum Gasteiger partial charge on any atom is -0.406 e. The van der Waals surface area contributed by atoms with Crippen LogP contribution in [0.3, 0.4) is 0 Å². The zero-order valence-electron chi connectivity index (χ0n) is 10.2. The van der Waals surface area contributed by atoms with Crippen LogP contribution in [0.25, 0.3) is 0 Å². The molecule has 0 aliphatic carbocycles. The highest BCUT2D eigenvalue weighted by Gasteiger charge is 2.30. The highest BCUT2D eigenvalue weighted by molar-refractivity contribution is 7.99. The maximum absolute atomic E-state index is 11.9. The molecule has 1 aromatic rings.